The molecule has 0 radical (unpaired) electrons. The smallest absolute Gasteiger partial charge is 0.268 e. The number of hydrogen-bond acceptors (Lipinski definition) is 6. The van der Waals surface area contributed by atoms with Crippen molar-refractivity contribution in [1.82, 2.24) is 5.32 Å². The zero-order chi connectivity index (χ0) is 19.7. The van der Waals surface area contributed by atoms with Crippen LogP contribution in [0.5, 0.6) is 11.5 Å². The van der Waals surface area contributed by atoms with E-state index in [0.29, 0.717) is 15.1 Å². The highest BCUT2D eigenvalue weighted by Gasteiger charge is 2.24. The van der Waals surface area contributed by atoms with Crippen molar-refractivity contribution in [3.05, 3.63) is 57.9 Å². The van der Waals surface area contributed by atoms with Gasteiger partial charge in [0.2, 0.25) is 0 Å². The van der Waals surface area contributed by atoms with Crippen LogP contribution in [0.2, 0.25) is 5.02 Å². The number of aliphatic imine (C=N–C) groups is 1. The van der Waals surface area contributed by atoms with Crippen molar-refractivity contribution in [3.63, 3.8) is 0 Å². The Hall–Kier alpha value is -2.22. The first kappa shape index (κ1) is 19.1. The molecule has 5 nitrogen and oxygen atoms in total. The molecule has 1 aliphatic rings. The number of methoxy groups -OCH3 is 2. The third-order valence-electron chi connectivity index (χ3n) is 4.41. The van der Waals surface area contributed by atoms with Crippen LogP contribution in [0.1, 0.15) is 21.3 Å². The number of amidine groups is 1. The standard InChI is InChI=1S/C20H17ClN2O3S2/c1-25-12-5-3-11(4-6-12)15-10-27-20(22-15)23-19(24)18-17(21)14-8-7-13(26-2)9-16(14)28-18/h3-9,15H,10H2,1-2H3,(H,22,23,24). The quantitative estimate of drug-likeness (QED) is 0.619. The fraction of sp³-hybridized carbons (Fsp3) is 0.200. The first-order valence-corrected chi connectivity index (χ1v) is 10.7. The summed E-state index contributed by atoms with van der Waals surface area (Å²) < 4.78 is 11.3. The van der Waals surface area contributed by atoms with Gasteiger partial charge >= 0.3 is 0 Å². The number of carbonyl (C=O) groups excluding carboxylic acids is 1. The molecule has 4 rings (SSSR count). The zero-order valence-corrected chi connectivity index (χ0v) is 17.6. The second kappa shape index (κ2) is 8.03. The van der Waals surface area contributed by atoms with Gasteiger partial charge in [-0.1, -0.05) is 35.5 Å². The Kier molecular flexibility index (Phi) is 5.48. The van der Waals surface area contributed by atoms with E-state index in [0.717, 1.165) is 32.9 Å². The van der Waals surface area contributed by atoms with Crippen molar-refractivity contribution in [2.24, 2.45) is 4.99 Å². The summed E-state index contributed by atoms with van der Waals surface area (Å²) >= 11 is 9.31. The normalized spacial score (nSPS) is 16.1. The summed E-state index contributed by atoms with van der Waals surface area (Å²) in [6.45, 7) is 0. The third kappa shape index (κ3) is 3.70. The number of thioether (sulfide) groups is 1. The molecule has 2 aromatic carbocycles. The Balaban J connectivity index is 1.52. The van der Waals surface area contributed by atoms with Gasteiger partial charge in [0.15, 0.2) is 5.17 Å². The molecule has 0 aliphatic carbocycles. The van der Waals surface area contributed by atoms with E-state index in [1.54, 1.807) is 14.2 Å². The molecule has 28 heavy (non-hydrogen) atoms. The van der Waals surface area contributed by atoms with Gasteiger partial charge in [-0.05, 0) is 35.9 Å². The van der Waals surface area contributed by atoms with Gasteiger partial charge in [-0.3, -0.25) is 9.79 Å². The van der Waals surface area contributed by atoms with Crippen LogP contribution in [-0.2, 0) is 0 Å². The lowest BCUT2D eigenvalue weighted by atomic mass is 10.1. The molecule has 1 aromatic heterocycles. The molecule has 1 unspecified atom stereocenters. The van der Waals surface area contributed by atoms with Gasteiger partial charge in [0.25, 0.3) is 5.91 Å². The molecule has 1 aliphatic heterocycles. The molecule has 8 heteroatoms. The predicted octanol–water partition coefficient (Wildman–Crippen LogP) is 5.15. The lowest BCUT2D eigenvalue weighted by molar-refractivity contribution is 0.0982. The Bertz CT molecular complexity index is 1060. The minimum absolute atomic E-state index is 0.00773. The summed E-state index contributed by atoms with van der Waals surface area (Å²) in [6.07, 6.45) is 0. The fourth-order valence-electron chi connectivity index (χ4n) is 2.91. The van der Waals surface area contributed by atoms with Crippen LogP contribution >= 0.6 is 34.7 Å². The van der Waals surface area contributed by atoms with E-state index in [9.17, 15) is 4.79 Å². The van der Waals surface area contributed by atoms with E-state index in [2.05, 4.69) is 10.3 Å². The van der Waals surface area contributed by atoms with Gasteiger partial charge in [-0.2, -0.15) is 0 Å². The second-order valence-corrected chi connectivity index (χ2v) is 8.53. The number of hydrogen-bond donors (Lipinski definition) is 1. The Morgan fingerprint density at radius 1 is 1.14 bits per heavy atom. The molecule has 1 N–H and O–H groups in total. The number of ether oxygens (including phenoxy) is 2. The van der Waals surface area contributed by atoms with Gasteiger partial charge in [-0.25, -0.2) is 0 Å². The van der Waals surface area contributed by atoms with Gasteiger partial charge in [0, 0.05) is 15.8 Å². The molecule has 144 valence electrons. The first-order valence-electron chi connectivity index (χ1n) is 8.51. The predicted molar refractivity (Wildman–Crippen MR) is 116 cm³/mol. The van der Waals surface area contributed by atoms with Crippen molar-refractivity contribution in [3.8, 4) is 11.5 Å². The summed E-state index contributed by atoms with van der Waals surface area (Å²) in [5, 5.41) is 4.80. The van der Waals surface area contributed by atoms with E-state index in [4.69, 9.17) is 21.1 Å². The number of nitrogens with one attached hydrogen (secondary N) is 1. The minimum Gasteiger partial charge on any atom is -0.497 e. The van der Waals surface area contributed by atoms with Crippen LogP contribution in [0.15, 0.2) is 47.5 Å². The highest BCUT2D eigenvalue weighted by molar-refractivity contribution is 8.14. The number of amides is 1. The average molecular weight is 433 g/mol. The topological polar surface area (TPSA) is 59.9 Å². The first-order chi connectivity index (χ1) is 13.6. The van der Waals surface area contributed by atoms with Crippen LogP contribution in [0, 0.1) is 0 Å². The zero-order valence-electron chi connectivity index (χ0n) is 15.2. The van der Waals surface area contributed by atoms with Crippen LogP contribution < -0.4 is 14.8 Å². The van der Waals surface area contributed by atoms with Gasteiger partial charge < -0.3 is 14.8 Å². The number of carbonyl (C=O) groups is 1. The number of nitrogens with zero attached hydrogens (tertiary/aromatic N) is 1. The Morgan fingerprint density at radius 3 is 2.57 bits per heavy atom. The Morgan fingerprint density at radius 2 is 1.86 bits per heavy atom. The maximum absolute atomic E-state index is 12.7. The van der Waals surface area contributed by atoms with Crippen molar-refractivity contribution < 1.29 is 14.3 Å². The molecular formula is C20H17ClN2O3S2. The Labute approximate surface area is 175 Å². The maximum Gasteiger partial charge on any atom is 0.268 e. The van der Waals surface area contributed by atoms with Crippen molar-refractivity contribution in [2.45, 2.75) is 6.04 Å². The summed E-state index contributed by atoms with van der Waals surface area (Å²) in [7, 11) is 3.25. The maximum atomic E-state index is 12.7. The van der Waals surface area contributed by atoms with Crippen LogP contribution in [0.3, 0.4) is 0 Å². The summed E-state index contributed by atoms with van der Waals surface area (Å²) in [5.74, 6) is 2.07. The highest BCUT2D eigenvalue weighted by atomic mass is 35.5. The minimum atomic E-state index is -0.244. The van der Waals surface area contributed by atoms with Crippen LogP contribution in [-0.4, -0.2) is 31.0 Å². The highest BCUT2D eigenvalue weighted by Crippen LogP contribution is 2.37. The summed E-state index contributed by atoms with van der Waals surface area (Å²) in [6, 6.07) is 13.4. The van der Waals surface area contributed by atoms with Crippen LogP contribution in [0.25, 0.3) is 10.1 Å². The van der Waals surface area contributed by atoms with E-state index in [-0.39, 0.29) is 11.9 Å². The molecule has 0 saturated heterocycles. The molecule has 1 atom stereocenters. The fourth-order valence-corrected chi connectivity index (χ4v) is 5.30. The van der Waals surface area contributed by atoms with Gasteiger partial charge in [0.1, 0.15) is 16.4 Å². The van der Waals surface area contributed by atoms with E-state index < -0.39 is 0 Å². The average Bonchev–Trinajstić information content (AvgIpc) is 3.32. The third-order valence-corrected chi connectivity index (χ3v) is 7.03. The molecule has 3 aromatic rings. The van der Waals surface area contributed by atoms with Crippen molar-refractivity contribution in [1.29, 1.82) is 0 Å². The number of benzene rings is 2. The lowest BCUT2D eigenvalue weighted by Gasteiger charge is -2.06. The summed E-state index contributed by atoms with van der Waals surface area (Å²) in [4.78, 5) is 17.9. The number of halogens is 1. The number of rotatable bonds is 4. The molecule has 0 saturated carbocycles. The molecule has 2 heterocycles. The lowest BCUT2D eigenvalue weighted by Crippen LogP contribution is -2.26. The molecule has 0 spiro atoms. The van der Waals surface area contributed by atoms with Gasteiger partial charge in [0.05, 0.1) is 25.3 Å². The monoisotopic (exact) mass is 432 g/mol. The van der Waals surface area contributed by atoms with E-state index in [1.807, 2.05) is 42.5 Å². The molecule has 1 amide bonds. The molecule has 0 fully saturated rings. The summed E-state index contributed by atoms with van der Waals surface area (Å²) in [5.41, 5.74) is 1.09. The number of thiophene rings is 1. The van der Waals surface area contributed by atoms with Crippen LogP contribution in [0.4, 0.5) is 0 Å². The molecular weight excluding hydrogens is 416 g/mol. The molecule has 0 bridgehead atoms. The van der Waals surface area contributed by atoms with Crippen molar-refractivity contribution in [2.75, 3.05) is 20.0 Å². The largest absolute Gasteiger partial charge is 0.497 e. The van der Waals surface area contributed by atoms with E-state index in [1.165, 1.54) is 23.1 Å². The van der Waals surface area contributed by atoms with E-state index >= 15 is 0 Å². The second-order valence-electron chi connectivity index (χ2n) is 6.10. The van der Waals surface area contributed by atoms with Gasteiger partial charge in [-0.15, -0.1) is 11.3 Å². The van der Waals surface area contributed by atoms with Crippen molar-refractivity contribution >= 4 is 55.9 Å². The number of fused-ring (bicyclic) bond motifs is 1. The SMILES string of the molecule is COc1ccc(C2CSC(NC(=O)c3sc4cc(OC)ccc4c3Cl)=N2)cc1.